The average molecular weight is 501 g/mol. The average Bonchev–Trinajstić information content (AvgIpc) is 2.82. The molecule has 1 amide bonds. The number of benzene rings is 3. The second kappa shape index (κ2) is 11.4. The molecule has 3 aromatic carbocycles. The number of hydrogen-bond donors (Lipinski definition) is 1. The second-order valence-electron chi connectivity index (χ2n) is 8.33. The van der Waals surface area contributed by atoms with E-state index in [4.69, 9.17) is 16.3 Å². The number of rotatable bonds is 10. The van der Waals surface area contributed by atoms with E-state index < -0.39 is 15.9 Å². The lowest BCUT2D eigenvalue weighted by molar-refractivity contribution is -0.120. The summed E-state index contributed by atoms with van der Waals surface area (Å²) in [6.45, 7) is 3.75. The number of amides is 1. The van der Waals surface area contributed by atoms with Crippen LogP contribution in [0.4, 0.5) is 5.69 Å². The fourth-order valence-electron chi connectivity index (χ4n) is 3.62. The van der Waals surface area contributed by atoms with Gasteiger partial charge in [0.2, 0.25) is 5.91 Å². The van der Waals surface area contributed by atoms with Crippen molar-refractivity contribution < 1.29 is 17.9 Å². The predicted molar refractivity (Wildman–Crippen MR) is 136 cm³/mol. The Hall–Kier alpha value is -3.03. The van der Waals surface area contributed by atoms with Crippen molar-refractivity contribution in [3.8, 4) is 5.75 Å². The molecule has 0 aliphatic carbocycles. The Labute approximate surface area is 206 Å². The summed E-state index contributed by atoms with van der Waals surface area (Å²) >= 11 is 6.14. The third-order valence-corrected chi connectivity index (χ3v) is 7.30. The van der Waals surface area contributed by atoms with E-state index >= 15 is 0 Å². The maximum Gasteiger partial charge on any atom is 0.264 e. The van der Waals surface area contributed by atoms with Crippen LogP contribution in [0, 0.1) is 5.92 Å². The number of nitrogens with zero attached hydrogens (tertiary/aromatic N) is 1. The number of carbonyl (C=O) groups is 1. The Morgan fingerprint density at radius 3 is 2.26 bits per heavy atom. The van der Waals surface area contributed by atoms with E-state index in [-0.39, 0.29) is 17.5 Å². The zero-order valence-electron chi connectivity index (χ0n) is 19.4. The zero-order valence-corrected chi connectivity index (χ0v) is 21.0. The summed E-state index contributed by atoms with van der Waals surface area (Å²) in [5, 5.41) is 3.40. The standard InChI is InChI=1S/C26H29ClN2O4S/c1-19(2)16-25(20-12-14-23(33-3)15-13-20)28-26(30)18-29(22-9-7-8-21(27)17-22)34(31,32)24-10-5-4-6-11-24/h4-15,17,19,25H,16,18H2,1-3H3,(H,28,30). The lowest BCUT2D eigenvalue weighted by atomic mass is 9.97. The maximum absolute atomic E-state index is 13.5. The molecule has 0 saturated carbocycles. The van der Waals surface area contributed by atoms with Crippen LogP contribution in [0.1, 0.15) is 31.9 Å². The largest absolute Gasteiger partial charge is 0.497 e. The molecule has 8 heteroatoms. The van der Waals surface area contributed by atoms with E-state index in [2.05, 4.69) is 19.2 Å². The fourth-order valence-corrected chi connectivity index (χ4v) is 5.24. The number of carbonyl (C=O) groups excluding carboxylic acids is 1. The van der Waals surface area contributed by atoms with Gasteiger partial charge in [-0.3, -0.25) is 9.10 Å². The van der Waals surface area contributed by atoms with Crippen molar-refractivity contribution in [2.75, 3.05) is 18.0 Å². The molecule has 1 N–H and O–H groups in total. The van der Waals surface area contributed by atoms with Gasteiger partial charge < -0.3 is 10.1 Å². The quantitative estimate of drug-likeness (QED) is 0.401. The van der Waals surface area contributed by atoms with E-state index in [0.29, 0.717) is 23.0 Å². The molecule has 0 spiro atoms. The number of nitrogens with one attached hydrogen (secondary N) is 1. The Morgan fingerprint density at radius 2 is 1.68 bits per heavy atom. The van der Waals surface area contributed by atoms with Gasteiger partial charge in [0.1, 0.15) is 12.3 Å². The van der Waals surface area contributed by atoms with E-state index in [0.717, 1.165) is 15.6 Å². The number of halogens is 1. The van der Waals surface area contributed by atoms with Gasteiger partial charge in [-0.05, 0) is 60.4 Å². The van der Waals surface area contributed by atoms with Crippen LogP contribution in [0.25, 0.3) is 0 Å². The number of ether oxygens (including phenoxy) is 1. The predicted octanol–water partition coefficient (Wildman–Crippen LogP) is 5.45. The summed E-state index contributed by atoms with van der Waals surface area (Å²) in [6.07, 6.45) is 0.695. The highest BCUT2D eigenvalue weighted by molar-refractivity contribution is 7.92. The second-order valence-corrected chi connectivity index (χ2v) is 10.6. The molecule has 0 saturated heterocycles. The molecular formula is C26H29ClN2O4S. The zero-order chi connectivity index (χ0) is 24.7. The Balaban J connectivity index is 1.90. The first kappa shape index (κ1) is 25.6. The highest BCUT2D eigenvalue weighted by Crippen LogP contribution is 2.27. The SMILES string of the molecule is COc1ccc(C(CC(C)C)NC(=O)CN(c2cccc(Cl)c2)S(=O)(=O)c2ccccc2)cc1. The first-order chi connectivity index (χ1) is 16.2. The number of hydrogen-bond acceptors (Lipinski definition) is 4. The topological polar surface area (TPSA) is 75.7 Å². The van der Waals surface area contributed by atoms with E-state index in [1.807, 2.05) is 24.3 Å². The summed E-state index contributed by atoms with van der Waals surface area (Å²) in [5.74, 6) is 0.616. The molecule has 180 valence electrons. The summed E-state index contributed by atoms with van der Waals surface area (Å²) in [5.41, 5.74) is 1.24. The Morgan fingerprint density at radius 1 is 1.00 bits per heavy atom. The molecule has 3 rings (SSSR count). The monoisotopic (exact) mass is 500 g/mol. The van der Waals surface area contributed by atoms with Crippen molar-refractivity contribution >= 4 is 33.2 Å². The molecule has 0 aliphatic rings. The lowest BCUT2D eigenvalue weighted by Crippen LogP contribution is -2.42. The van der Waals surface area contributed by atoms with E-state index in [1.54, 1.807) is 43.5 Å². The van der Waals surface area contributed by atoms with Crippen LogP contribution in [0.5, 0.6) is 5.75 Å². The van der Waals surface area contributed by atoms with Crippen molar-refractivity contribution in [2.24, 2.45) is 5.92 Å². The first-order valence-electron chi connectivity index (χ1n) is 11.0. The number of anilines is 1. The van der Waals surface area contributed by atoms with Crippen LogP contribution >= 0.6 is 11.6 Å². The molecule has 1 atom stereocenters. The lowest BCUT2D eigenvalue weighted by Gasteiger charge is -2.26. The van der Waals surface area contributed by atoms with Crippen LogP contribution in [0.2, 0.25) is 5.02 Å². The minimum absolute atomic E-state index is 0.0941. The molecule has 0 fully saturated rings. The molecule has 0 aromatic heterocycles. The molecule has 0 aliphatic heterocycles. The Bertz CT molecular complexity index is 1200. The van der Waals surface area contributed by atoms with E-state index in [9.17, 15) is 13.2 Å². The molecule has 0 radical (unpaired) electrons. The van der Waals surface area contributed by atoms with Crippen molar-refractivity contribution in [3.05, 3.63) is 89.4 Å². The summed E-state index contributed by atoms with van der Waals surface area (Å²) in [7, 11) is -2.40. The molecule has 3 aromatic rings. The van der Waals surface area contributed by atoms with Gasteiger partial charge in [0, 0.05) is 5.02 Å². The molecule has 0 bridgehead atoms. The molecular weight excluding hydrogens is 472 g/mol. The number of sulfonamides is 1. The molecule has 34 heavy (non-hydrogen) atoms. The van der Waals surface area contributed by atoms with Gasteiger partial charge >= 0.3 is 0 Å². The van der Waals surface area contributed by atoms with Crippen molar-refractivity contribution in [1.29, 1.82) is 0 Å². The Kier molecular flexibility index (Phi) is 8.58. The smallest absolute Gasteiger partial charge is 0.264 e. The molecule has 6 nitrogen and oxygen atoms in total. The highest BCUT2D eigenvalue weighted by Gasteiger charge is 2.28. The van der Waals surface area contributed by atoms with Crippen LogP contribution in [-0.4, -0.2) is 28.0 Å². The van der Waals surface area contributed by atoms with Crippen molar-refractivity contribution in [2.45, 2.75) is 31.2 Å². The van der Waals surface area contributed by atoms with Crippen LogP contribution < -0.4 is 14.4 Å². The van der Waals surface area contributed by atoms with Crippen LogP contribution in [0.3, 0.4) is 0 Å². The van der Waals surface area contributed by atoms with Gasteiger partial charge in [-0.2, -0.15) is 0 Å². The van der Waals surface area contributed by atoms with Gasteiger partial charge in [0.05, 0.1) is 23.7 Å². The van der Waals surface area contributed by atoms with Gasteiger partial charge in [-0.15, -0.1) is 0 Å². The third kappa shape index (κ3) is 6.52. The first-order valence-corrected chi connectivity index (χ1v) is 12.8. The van der Waals surface area contributed by atoms with Crippen molar-refractivity contribution in [1.82, 2.24) is 5.32 Å². The van der Waals surface area contributed by atoms with E-state index in [1.165, 1.54) is 18.2 Å². The van der Waals surface area contributed by atoms with Crippen LogP contribution in [0.15, 0.2) is 83.8 Å². The van der Waals surface area contributed by atoms with Gasteiger partial charge in [-0.1, -0.05) is 61.8 Å². The number of methoxy groups -OCH3 is 1. The molecule has 0 heterocycles. The van der Waals surface area contributed by atoms with Gasteiger partial charge in [-0.25, -0.2) is 8.42 Å². The minimum Gasteiger partial charge on any atom is -0.497 e. The van der Waals surface area contributed by atoms with Gasteiger partial charge in [0.25, 0.3) is 10.0 Å². The maximum atomic E-state index is 13.5. The normalized spacial score (nSPS) is 12.3. The summed E-state index contributed by atoms with van der Waals surface area (Å²) < 4.78 is 33.3. The summed E-state index contributed by atoms with van der Waals surface area (Å²) in [4.78, 5) is 13.3. The van der Waals surface area contributed by atoms with Crippen molar-refractivity contribution in [3.63, 3.8) is 0 Å². The third-order valence-electron chi connectivity index (χ3n) is 5.28. The minimum atomic E-state index is -4.00. The highest BCUT2D eigenvalue weighted by atomic mass is 35.5. The van der Waals surface area contributed by atoms with Gasteiger partial charge in [0.15, 0.2) is 0 Å². The molecule has 1 unspecified atom stereocenters. The fraction of sp³-hybridized carbons (Fsp3) is 0.269. The van der Waals surface area contributed by atoms with Crippen LogP contribution in [-0.2, 0) is 14.8 Å². The summed E-state index contributed by atoms with van der Waals surface area (Å²) in [6, 6.07) is 21.7.